The van der Waals surface area contributed by atoms with Crippen LogP contribution in [0.5, 0.6) is 5.75 Å². The topological polar surface area (TPSA) is 79.4 Å². The van der Waals surface area contributed by atoms with Gasteiger partial charge in [0, 0.05) is 18.9 Å². The summed E-state index contributed by atoms with van der Waals surface area (Å²) in [6.07, 6.45) is 6.20. The van der Waals surface area contributed by atoms with E-state index in [0.717, 1.165) is 13.0 Å². The third kappa shape index (κ3) is 3.50. The van der Waals surface area contributed by atoms with Crippen LogP contribution in [0.4, 0.5) is 5.69 Å². The molecule has 6 nitrogen and oxygen atoms in total. The van der Waals surface area contributed by atoms with Crippen molar-refractivity contribution in [3.05, 3.63) is 42.5 Å². The number of aromatic nitrogens is 2. The first-order valence-corrected chi connectivity index (χ1v) is 6.27. The average molecular weight is 275 g/mol. The van der Waals surface area contributed by atoms with Crippen molar-refractivity contribution in [3.63, 3.8) is 0 Å². The summed E-state index contributed by atoms with van der Waals surface area (Å²) in [4.78, 5) is 15.4. The quantitative estimate of drug-likeness (QED) is 0.493. The van der Waals surface area contributed by atoms with Crippen LogP contribution in [0.2, 0.25) is 0 Å². The largest absolute Gasteiger partial charge is 0.491 e. The first kappa shape index (κ1) is 13.9. The fraction of sp³-hybridized carbons (Fsp3) is 0.286. The van der Waals surface area contributed by atoms with Crippen LogP contribution < -0.4 is 10.5 Å². The highest BCUT2D eigenvalue weighted by Crippen LogP contribution is 2.23. The smallest absolute Gasteiger partial charge is 0.337 e. The predicted octanol–water partition coefficient (Wildman–Crippen LogP) is 1.72. The van der Waals surface area contributed by atoms with Crippen LogP contribution in [0.3, 0.4) is 0 Å². The Morgan fingerprint density at radius 2 is 2.30 bits per heavy atom. The van der Waals surface area contributed by atoms with Crippen molar-refractivity contribution < 1.29 is 14.3 Å². The van der Waals surface area contributed by atoms with Gasteiger partial charge < -0.3 is 19.8 Å². The molecule has 0 unspecified atom stereocenters. The molecule has 0 amide bonds. The fourth-order valence-corrected chi connectivity index (χ4v) is 1.75. The van der Waals surface area contributed by atoms with Crippen molar-refractivity contribution in [2.24, 2.45) is 0 Å². The Bertz CT molecular complexity index is 567. The number of anilines is 1. The molecular weight excluding hydrogens is 258 g/mol. The van der Waals surface area contributed by atoms with Gasteiger partial charge in [-0.15, -0.1) is 0 Å². The maximum absolute atomic E-state index is 11.4. The van der Waals surface area contributed by atoms with Gasteiger partial charge in [-0.25, -0.2) is 9.78 Å². The molecule has 2 rings (SSSR count). The summed E-state index contributed by atoms with van der Waals surface area (Å²) in [5.41, 5.74) is 6.74. The van der Waals surface area contributed by atoms with E-state index < -0.39 is 5.97 Å². The molecular formula is C14H17N3O3. The van der Waals surface area contributed by atoms with Gasteiger partial charge in [0.2, 0.25) is 0 Å². The molecule has 0 aliphatic heterocycles. The molecule has 0 aliphatic rings. The summed E-state index contributed by atoms with van der Waals surface area (Å²) in [5, 5.41) is 0. The van der Waals surface area contributed by atoms with Crippen molar-refractivity contribution in [2.75, 3.05) is 19.5 Å². The van der Waals surface area contributed by atoms with E-state index in [1.54, 1.807) is 30.7 Å². The number of ether oxygens (including phenoxy) is 2. The van der Waals surface area contributed by atoms with Gasteiger partial charge in [-0.2, -0.15) is 0 Å². The number of nitrogens with two attached hydrogens (primary N) is 1. The van der Waals surface area contributed by atoms with Gasteiger partial charge in [0.25, 0.3) is 0 Å². The molecule has 0 atom stereocenters. The molecule has 2 N–H and O–H groups in total. The molecule has 106 valence electrons. The number of imidazole rings is 1. The predicted molar refractivity (Wildman–Crippen MR) is 74.5 cm³/mol. The van der Waals surface area contributed by atoms with E-state index in [2.05, 4.69) is 9.72 Å². The lowest BCUT2D eigenvalue weighted by Gasteiger charge is -2.10. The number of benzene rings is 1. The second-order valence-electron chi connectivity index (χ2n) is 4.25. The number of carbonyl (C=O) groups excluding carboxylic acids is 1. The van der Waals surface area contributed by atoms with E-state index in [-0.39, 0.29) is 0 Å². The van der Waals surface area contributed by atoms with Crippen molar-refractivity contribution in [1.29, 1.82) is 0 Å². The van der Waals surface area contributed by atoms with E-state index >= 15 is 0 Å². The number of nitrogen functional groups attached to an aromatic ring is 1. The highest BCUT2D eigenvalue weighted by Gasteiger charge is 2.09. The lowest BCUT2D eigenvalue weighted by Crippen LogP contribution is -2.06. The second-order valence-corrected chi connectivity index (χ2v) is 4.25. The third-order valence-electron chi connectivity index (χ3n) is 2.81. The maximum atomic E-state index is 11.4. The molecule has 6 heteroatoms. The van der Waals surface area contributed by atoms with Gasteiger partial charge in [-0.05, 0) is 24.6 Å². The molecule has 0 bridgehead atoms. The number of hydrogen-bond donors (Lipinski definition) is 1. The summed E-state index contributed by atoms with van der Waals surface area (Å²) >= 11 is 0. The summed E-state index contributed by atoms with van der Waals surface area (Å²) in [6.45, 7) is 1.32. The molecule has 1 heterocycles. The lowest BCUT2D eigenvalue weighted by atomic mass is 10.2. The number of rotatable bonds is 6. The molecule has 0 saturated carbocycles. The number of hydrogen-bond acceptors (Lipinski definition) is 5. The van der Waals surface area contributed by atoms with Crippen LogP contribution in [0.25, 0.3) is 0 Å². The molecule has 0 spiro atoms. The number of carbonyl (C=O) groups is 1. The number of methoxy groups -OCH3 is 1. The van der Waals surface area contributed by atoms with Crippen LogP contribution in [0.1, 0.15) is 16.8 Å². The summed E-state index contributed by atoms with van der Waals surface area (Å²) in [6, 6.07) is 4.84. The monoisotopic (exact) mass is 275 g/mol. The summed E-state index contributed by atoms with van der Waals surface area (Å²) in [7, 11) is 1.34. The zero-order valence-corrected chi connectivity index (χ0v) is 11.3. The Balaban J connectivity index is 1.89. The Labute approximate surface area is 117 Å². The van der Waals surface area contributed by atoms with E-state index in [1.807, 2.05) is 10.8 Å². The van der Waals surface area contributed by atoms with Crippen LogP contribution >= 0.6 is 0 Å². The van der Waals surface area contributed by atoms with Crippen molar-refractivity contribution >= 4 is 11.7 Å². The minimum absolute atomic E-state index is 0.409. The minimum Gasteiger partial charge on any atom is -0.491 e. The average Bonchev–Trinajstić information content (AvgIpc) is 2.97. The number of nitrogens with zero attached hydrogens (tertiary/aromatic N) is 2. The van der Waals surface area contributed by atoms with E-state index in [0.29, 0.717) is 23.6 Å². The van der Waals surface area contributed by atoms with Gasteiger partial charge >= 0.3 is 5.97 Å². The summed E-state index contributed by atoms with van der Waals surface area (Å²) < 4.78 is 12.2. The zero-order chi connectivity index (χ0) is 14.4. The van der Waals surface area contributed by atoms with Crippen LogP contribution in [-0.4, -0.2) is 29.2 Å². The van der Waals surface area contributed by atoms with E-state index in [9.17, 15) is 4.79 Å². The van der Waals surface area contributed by atoms with Crippen LogP contribution in [0.15, 0.2) is 36.9 Å². The Kier molecular flexibility index (Phi) is 4.60. The molecule has 1 aromatic heterocycles. The fourth-order valence-electron chi connectivity index (χ4n) is 1.75. The molecule has 20 heavy (non-hydrogen) atoms. The molecule has 2 aromatic rings. The van der Waals surface area contributed by atoms with Gasteiger partial charge in [0.1, 0.15) is 5.75 Å². The summed E-state index contributed by atoms with van der Waals surface area (Å²) in [5.74, 6) is 0.0896. The molecule has 1 aromatic carbocycles. The minimum atomic E-state index is -0.409. The van der Waals surface area contributed by atoms with E-state index in [4.69, 9.17) is 10.5 Å². The van der Waals surface area contributed by atoms with Gasteiger partial charge in [-0.1, -0.05) is 0 Å². The Morgan fingerprint density at radius 3 is 3.00 bits per heavy atom. The number of aryl methyl sites for hydroxylation is 1. The van der Waals surface area contributed by atoms with Crippen molar-refractivity contribution in [3.8, 4) is 5.75 Å². The molecule has 0 saturated heterocycles. The van der Waals surface area contributed by atoms with Gasteiger partial charge in [-0.3, -0.25) is 0 Å². The molecule has 0 fully saturated rings. The Morgan fingerprint density at radius 1 is 1.45 bits per heavy atom. The van der Waals surface area contributed by atoms with Gasteiger partial charge in [0.05, 0.1) is 31.3 Å². The van der Waals surface area contributed by atoms with Crippen molar-refractivity contribution in [2.45, 2.75) is 13.0 Å². The number of esters is 1. The third-order valence-corrected chi connectivity index (χ3v) is 2.81. The highest BCUT2D eigenvalue weighted by atomic mass is 16.5. The first-order chi connectivity index (χ1) is 9.70. The lowest BCUT2D eigenvalue weighted by molar-refractivity contribution is 0.0600. The zero-order valence-electron chi connectivity index (χ0n) is 11.3. The Hall–Kier alpha value is -2.50. The molecule has 0 aliphatic carbocycles. The standard InChI is InChI=1S/C14H17N3O3/c1-19-14(18)11-3-4-12(15)13(9-11)20-8-2-6-17-7-5-16-10-17/h3-5,7,9-10H,2,6,8,15H2,1H3. The highest BCUT2D eigenvalue weighted by molar-refractivity contribution is 5.90. The second kappa shape index (κ2) is 6.60. The van der Waals surface area contributed by atoms with Crippen LogP contribution in [-0.2, 0) is 11.3 Å². The van der Waals surface area contributed by atoms with E-state index in [1.165, 1.54) is 7.11 Å². The van der Waals surface area contributed by atoms with Gasteiger partial charge in [0.15, 0.2) is 0 Å². The maximum Gasteiger partial charge on any atom is 0.337 e. The molecule has 0 radical (unpaired) electrons. The normalized spacial score (nSPS) is 10.2. The first-order valence-electron chi connectivity index (χ1n) is 6.27. The SMILES string of the molecule is COC(=O)c1ccc(N)c(OCCCn2ccnc2)c1. The van der Waals surface area contributed by atoms with Crippen molar-refractivity contribution in [1.82, 2.24) is 9.55 Å². The van der Waals surface area contributed by atoms with Crippen LogP contribution in [0, 0.1) is 0 Å².